The van der Waals surface area contributed by atoms with Crippen molar-refractivity contribution < 1.29 is 89.0 Å². The van der Waals surface area contributed by atoms with Gasteiger partial charge in [0.15, 0.2) is 37.1 Å². The fourth-order valence-electron chi connectivity index (χ4n) is 12.2. The Labute approximate surface area is 439 Å². The molecule has 4 heterocycles. The fourth-order valence-corrected chi connectivity index (χ4v) is 12.2. The summed E-state index contributed by atoms with van der Waals surface area (Å²) in [5, 5.41) is 119. The number of nitrogens with one attached hydrogen (secondary N) is 2. The first-order valence-corrected chi connectivity index (χ1v) is 26.9. The standard InChI is InChI=1S/C49H92N8O18/c1-9-20(3)26-14-13-24(42(70-26)72-38-21(4)16-22(5)39(37(38)65)73-44-31(59)25(10-2)48(7,66)19-68-44)12-11-15-55-18-49(67)23(6)69-45(41(49)75-43-30(54-8)35(63)32(60)27(17-58)71-43)74-40-29(57-47(52)53)33(61)28(56-46(50)51)34(62)36(40)64/h20-45,54-55,58-67H,9-19H2,1-8H3,(H4,50,51,56)(H4,52,53,57)/t20?,21-,22+,23-,24?,25+,26-,27?,28?,29-,30?,31+,32-,33?,34-,35+,36-,37-,38?,39?,40?,41?,42?,43-,44?,45-,48-,49-/m0/s1. The van der Waals surface area contributed by atoms with Gasteiger partial charge in [-0.05, 0) is 83.7 Å². The Hall–Kier alpha value is -2.26. The van der Waals surface area contributed by atoms with Gasteiger partial charge in [-0.25, -0.2) is 9.98 Å². The van der Waals surface area contributed by atoms with Gasteiger partial charge in [0.1, 0.15) is 78.7 Å². The minimum absolute atomic E-state index is 0.0240. The van der Waals surface area contributed by atoms with Gasteiger partial charge in [-0.1, -0.05) is 41.0 Å². The topological polar surface area (TPSA) is 429 Å². The zero-order chi connectivity index (χ0) is 55.4. The third-order valence-electron chi connectivity index (χ3n) is 17.0. The van der Waals surface area contributed by atoms with E-state index in [0.29, 0.717) is 32.2 Å². The van der Waals surface area contributed by atoms with Crippen LogP contribution >= 0.6 is 0 Å². The van der Waals surface area contributed by atoms with Crippen LogP contribution in [0.4, 0.5) is 0 Å². The molecule has 6 aliphatic rings. The van der Waals surface area contributed by atoms with E-state index in [2.05, 4.69) is 34.5 Å². The summed E-state index contributed by atoms with van der Waals surface area (Å²) in [6.07, 6.45) is -17.6. The molecule has 20 N–H and O–H groups in total. The molecule has 6 rings (SSSR count). The molecule has 2 aliphatic carbocycles. The maximum atomic E-state index is 12.7. The lowest BCUT2D eigenvalue weighted by molar-refractivity contribution is -0.325. The van der Waals surface area contributed by atoms with E-state index in [1.807, 2.05) is 20.8 Å². The van der Waals surface area contributed by atoms with E-state index in [4.69, 9.17) is 60.8 Å². The highest BCUT2D eigenvalue weighted by atomic mass is 16.8. The van der Waals surface area contributed by atoms with Crippen LogP contribution in [0.2, 0.25) is 0 Å². The Morgan fingerprint density at radius 2 is 1.35 bits per heavy atom. The summed E-state index contributed by atoms with van der Waals surface area (Å²) in [6, 6.07) is -4.11. The van der Waals surface area contributed by atoms with Crippen molar-refractivity contribution in [2.24, 2.45) is 62.5 Å². The highest BCUT2D eigenvalue weighted by molar-refractivity contribution is 5.76. The van der Waals surface area contributed by atoms with E-state index in [1.54, 1.807) is 13.8 Å². The molecular weight excluding hydrogens is 989 g/mol. The first-order valence-electron chi connectivity index (χ1n) is 26.9. The van der Waals surface area contributed by atoms with Gasteiger partial charge < -0.3 is 123 Å². The van der Waals surface area contributed by atoms with E-state index in [1.165, 1.54) is 7.05 Å². The summed E-state index contributed by atoms with van der Waals surface area (Å²) in [4.78, 5) is 7.95. The van der Waals surface area contributed by atoms with Crippen LogP contribution in [-0.4, -0.2) is 236 Å². The third kappa shape index (κ3) is 13.7. The van der Waals surface area contributed by atoms with Gasteiger partial charge in [0.05, 0.1) is 49.3 Å². The number of hydrogen-bond acceptors (Lipinski definition) is 22. The molecule has 26 nitrogen and oxygen atoms in total. The van der Waals surface area contributed by atoms with Crippen molar-refractivity contribution in [3.05, 3.63) is 0 Å². The molecule has 0 aromatic heterocycles. The third-order valence-corrected chi connectivity index (χ3v) is 17.0. The van der Waals surface area contributed by atoms with Crippen molar-refractivity contribution in [3.63, 3.8) is 0 Å². The SMILES string of the molecule is CCC(C)[C@@H]1CCC(CCCNC[C@@]2(O)C(O[C@@H]3OC(CO)[C@H](O)[C@H](O)C3NC)[C@H](OC3[C@@H](N=C(N)N)C(O)C(N=C(N)N)[C@H](O)[C@@H]3O)O[C@H]2C)C(OC2[C@H](O)C(OC3OC[C@](C)(O)[C@H](CC)[C@H]3O)[C@H](C)C[C@@H]2C)O1. The summed E-state index contributed by atoms with van der Waals surface area (Å²) in [5.74, 6) is -1.52. The molecule has 6 fully saturated rings. The number of aliphatic hydroxyl groups is 10. The molecule has 12 unspecified atom stereocenters. The quantitative estimate of drug-likeness (QED) is 0.0292. The molecule has 75 heavy (non-hydrogen) atoms. The number of guanidine groups is 2. The number of nitrogens with two attached hydrogens (primary N) is 4. The van der Waals surface area contributed by atoms with Crippen LogP contribution in [0.25, 0.3) is 0 Å². The molecule has 0 aromatic rings. The molecule has 26 heteroatoms. The predicted molar refractivity (Wildman–Crippen MR) is 269 cm³/mol. The van der Waals surface area contributed by atoms with E-state index < -0.39 is 158 Å². The van der Waals surface area contributed by atoms with Gasteiger partial charge in [0, 0.05) is 18.4 Å². The molecular formula is C49H92N8O18. The predicted octanol–water partition coefficient (Wildman–Crippen LogP) is -4.52. The summed E-state index contributed by atoms with van der Waals surface area (Å²) < 4.78 is 50.8. The maximum absolute atomic E-state index is 12.7. The molecule has 0 amide bonds. The van der Waals surface area contributed by atoms with Crippen LogP contribution in [-0.2, 0) is 37.9 Å². The number of nitrogens with zero attached hydrogens (tertiary/aromatic N) is 2. The van der Waals surface area contributed by atoms with Gasteiger partial charge in [-0.3, -0.25) is 0 Å². The Balaban J connectivity index is 1.18. The van der Waals surface area contributed by atoms with Crippen LogP contribution in [0.15, 0.2) is 9.98 Å². The lowest BCUT2D eigenvalue weighted by atomic mass is 9.76. The minimum Gasteiger partial charge on any atom is -0.394 e. The zero-order valence-corrected chi connectivity index (χ0v) is 44.7. The van der Waals surface area contributed by atoms with Crippen molar-refractivity contribution in [1.82, 2.24) is 10.6 Å². The van der Waals surface area contributed by atoms with Crippen molar-refractivity contribution in [3.8, 4) is 0 Å². The second-order valence-electron chi connectivity index (χ2n) is 22.4. The lowest BCUT2D eigenvalue weighted by Gasteiger charge is -2.49. The average molecular weight is 1080 g/mol. The van der Waals surface area contributed by atoms with E-state index in [-0.39, 0.29) is 42.9 Å². The Bertz CT molecular complexity index is 1840. The van der Waals surface area contributed by atoms with Crippen molar-refractivity contribution in [1.29, 1.82) is 0 Å². The first-order chi connectivity index (χ1) is 35.3. The largest absolute Gasteiger partial charge is 0.394 e. The van der Waals surface area contributed by atoms with E-state index in [9.17, 15) is 51.1 Å². The second-order valence-corrected chi connectivity index (χ2v) is 22.4. The number of hydrogen-bond donors (Lipinski definition) is 16. The van der Waals surface area contributed by atoms with Crippen LogP contribution < -0.4 is 33.6 Å². The fraction of sp³-hybridized carbons (Fsp3) is 0.959. The zero-order valence-electron chi connectivity index (χ0n) is 44.7. The molecule has 28 atom stereocenters. The lowest BCUT2D eigenvalue weighted by Crippen LogP contribution is -2.67. The Kier molecular flexibility index (Phi) is 21.8. The number of likely N-dealkylation sites (N-methyl/N-ethyl adjacent to an activating group) is 1. The van der Waals surface area contributed by atoms with Gasteiger partial charge >= 0.3 is 0 Å². The van der Waals surface area contributed by atoms with Crippen molar-refractivity contribution >= 4 is 11.9 Å². The van der Waals surface area contributed by atoms with Crippen LogP contribution in [0, 0.1) is 29.6 Å². The van der Waals surface area contributed by atoms with Gasteiger partial charge in [-0.15, -0.1) is 0 Å². The van der Waals surface area contributed by atoms with Gasteiger partial charge in [-0.2, -0.15) is 0 Å². The number of aliphatic hydroxyl groups excluding tert-OH is 8. The summed E-state index contributed by atoms with van der Waals surface area (Å²) in [5.41, 5.74) is 19.4. The molecule has 2 saturated carbocycles. The molecule has 0 spiro atoms. The van der Waals surface area contributed by atoms with Gasteiger partial charge in [0.2, 0.25) is 0 Å². The van der Waals surface area contributed by atoms with E-state index >= 15 is 0 Å². The molecule has 436 valence electrons. The van der Waals surface area contributed by atoms with Crippen molar-refractivity contribution in [2.75, 3.05) is 33.4 Å². The first kappa shape index (κ1) is 61.9. The van der Waals surface area contributed by atoms with E-state index in [0.717, 1.165) is 19.3 Å². The summed E-state index contributed by atoms with van der Waals surface area (Å²) >= 11 is 0. The molecule has 4 aliphatic heterocycles. The Morgan fingerprint density at radius 1 is 0.720 bits per heavy atom. The summed E-state index contributed by atoms with van der Waals surface area (Å²) in [6.45, 7) is 12.8. The normalized spacial score (nSPS) is 48.0. The number of aliphatic imine (C=N–C) groups is 2. The summed E-state index contributed by atoms with van der Waals surface area (Å²) in [7, 11) is 1.48. The van der Waals surface area contributed by atoms with Gasteiger partial charge in [0.25, 0.3) is 0 Å². The highest BCUT2D eigenvalue weighted by Gasteiger charge is 2.61. The highest BCUT2D eigenvalue weighted by Crippen LogP contribution is 2.43. The number of rotatable bonds is 21. The monoisotopic (exact) mass is 1080 g/mol. The minimum atomic E-state index is -1.98. The molecule has 0 aromatic carbocycles. The van der Waals surface area contributed by atoms with Crippen LogP contribution in [0.3, 0.4) is 0 Å². The van der Waals surface area contributed by atoms with Crippen LogP contribution in [0.1, 0.15) is 93.4 Å². The maximum Gasteiger partial charge on any atom is 0.187 e. The smallest absolute Gasteiger partial charge is 0.187 e. The molecule has 0 radical (unpaired) electrons. The Morgan fingerprint density at radius 3 is 1.95 bits per heavy atom. The average Bonchev–Trinajstić information content (AvgIpc) is 3.58. The molecule has 0 bridgehead atoms. The second kappa shape index (κ2) is 26.3. The van der Waals surface area contributed by atoms with Crippen molar-refractivity contribution in [2.45, 2.75) is 233 Å². The molecule has 4 saturated heterocycles. The number of ether oxygens (including phenoxy) is 8. The van der Waals surface area contributed by atoms with Crippen LogP contribution in [0.5, 0.6) is 0 Å².